The van der Waals surface area contributed by atoms with Crippen molar-refractivity contribution >= 4 is 27.2 Å². The Balaban J connectivity index is 1.76. The van der Waals surface area contributed by atoms with E-state index in [-0.39, 0.29) is 17.1 Å². The van der Waals surface area contributed by atoms with Gasteiger partial charge in [-0.1, -0.05) is 0 Å². The van der Waals surface area contributed by atoms with Gasteiger partial charge in [0.05, 0.1) is 4.47 Å². The van der Waals surface area contributed by atoms with Crippen molar-refractivity contribution in [2.45, 2.75) is 0 Å². The molecule has 1 heterocycles. The third-order valence-corrected chi connectivity index (χ3v) is 3.76. The van der Waals surface area contributed by atoms with Crippen LogP contribution in [0.1, 0.15) is 5.82 Å². The second-order valence-electron chi connectivity index (χ2n) is 4.87. The van der Waals surface area contributed by atoms with Gasteiger partial charge in [-0.3, -0.25) is 0 Å². The maximum atomic E-state index is 13.7. The number of aromatic nitrogens is 4. The highest BCUT2D eigenvalue weighted by molar-refractivity contribution is 9.10. The Kier molecular flexibility index (Phi) is 5.19. The van der Waals surface area contributed by atoms with Crippen LogP contribution >= 0.6 is 15.9 Å². The fourth-order valence-electron chi connectivity index (χ4n) is 1.93. The summed E-state index contributed by atoms with van der Waals surface area (Å²) in [5.41, 5.74) is 0.809. The highest BCUT2D eigenvalue weighted by Gasteiger charge is 2.10. The van der Waals surface area contributed by atoms with E-state index in [2.05, 4.69) is 41.9 Å². The van der Waals surface area contributed by atoms with E-state index < -0.39 is 11.6 Å². The topological polar surface area (TPSA) is 99.5 Å². The first-order valence-electron chi connectivity index (χ1n) is 7.10. The molecule has 0 aliphatic rings. The third-order valence-electron chi connectivity index (χ3n) is 3.14. The summed E-state index contributed by atoms with van der Waals surface area (Å²) in [6.45, 7) is 0. The smallest absolute Gasteiger partial charge is 0.216 e. The van der Waals surface area contributed by atoms with Crippen molar-refractivity contribution in [1.82, 2.24) is 20.6 Å². The zero-order valence-corrected chi connectivity index (χ0v) is 14.5. The maximum Gasteiger partial charge on any atom is 0.216 e. The van der Waals surface area contributed by atoms with Gasteiger partial charge in [-0.25, -0.2) is 8.78 Å². The maximum absolute atomic E-state index is 13.7. The molecule has 130 valence electrons. The Morgan fingerprint density at radius 1 is 1.23 bits per heavy atom. The lowest BCUT2D eigenvalue weighted by molar-refractivity contribution is 0.435. The van der Waals surface area contributed by atoms with Crippen LogP contribution in [0.5, 0.6) is 11.5 Å². The van der Waals surface area contributed by atoms with Crippen LogP contribution in [0.3, 0.4) is 0 Å². The average molecular weight is 419 g/mol. The quantitative estimate of drug-likeness (QED) is 0.607. The SMILES string of the molecule is N#CC(=CNc1ccc(Oc2ccc(F)cc2F)c(Br)c1)c1nn[nH]n1. The van der Waals surface area contributed by atoms with Gasteiger partial charge in [-0.05, 0) is 51.5 Å². The summed E-state index contributed by atoms with van der Waals surface area (Å²) in [6, 6.07) is 9.91. The summed E-state index contributed by atoms with van der Waals surface area (Å²) in [7, 11) is 0. The standard InChI is InChI=1S/C16H9BrF2N6O/c17-12-6-11(21-8-9(7-20)16-22-24-25-23-16)2-4-14(12)26-15-3-1-10(18)5-13(15)19/h1-6,8,21H,(H,22,23,24,25). The Labute approximate surface area is 154 Å². The van der Waals surface area contributed by atoms with Crippen LogP contribution in [0.25, 0.3) is 5.57 Å². The van der Waals surface area contributed by atoms with E-state index >= 15 is 0 Å². The summed E-state index contributed by atoms with van der Waals surface area (Å²) in [5, 5.41) is 25.1. The zero-order valence-electron chi connectivity index (χ0n) is 12.9. The van der Waals surface area contributed by atoms with Crippen molar-refractivity contribution in [3.05, 3.63) is 64.5 Å². The summed E-state index contributed by atoms with van der Waals surface area (Å²) in [5.74, 6) is -1.10. The number of nitriles is 1. The number of nitrogens with one attached hydrogen (secondary N) is 2. The van der Waals surface area contributed by atoms with Crippen molar-refractivity contribution in [2.24, 2.45) is 0 Å². The minimum absolute atomic E-state index is 0.100. The van der Waals surface area contributed by atoms with Crippen molar-refractivity contribution in [2.75, 3.05) is 5.32 Å². The fourth-order valence-corrected chi connectivity index (χ4v) is 2.39. The van der Waals surface area contributed by atoms with Crippen molar-refractivity contribution < 1.29 is 13.5 Å². The van der Waals surface area contributed by atoms with E-state index in [9.17, 15) is 8.78 Å². The lowest BCUT2D eigenvalue weighted by Gasteiger charge is -2.10. The zero-order chi connectivity index (χ0) is 18.5. The predicted octanol–water partition coefficient (Wildman–Crippen LogP) is 4.01. The van der Waals surface area contributed by atoms with Crippen LogP contribution in [0.15, 0.2) is 47.1 Å². The van der Waals surface area contributed by atoms with Gasteiger partial charge < -0.3 is 10.1 Å². The first-order valence-corrected chi connectivity index (χ1v) is 7.89. The number of ether oxygens (including phenoxy) is 1. The van der Waals surface area contributed by atoms with Gasteiger partial charge in [0.25, 0.3) is 0 Å². The molecule has 0 aliphatic carbocycles. The number of benzene rings is 2. The molecule has 0 fully saturated rings. The number of nitrogens with zero attached hydrogens (tertiary/aromatic N) is 4. The number of hydrogen-bond donors (Lipinski definition) is 2. The highest BCUT2D eigenvalue weighted by Crippen LogP contribution is 2.33. The lowest BCUT2D eigenvalue weighted by Crippen LogP contribution is -1.94. The van der Waals surface area contributed by atoms with Crippen LogP contribution in [0.4, 0.5) is 14.5 Å². The molecule has 0 unspecified atom stereocenters. The van der Waals surface area contributed by atoms with E-state index in [1.807, 2.05) is 6.07 Å². The molecule has 0 spiro atoms. The summed E-state index contributed by atoms with van der Waals surface area (Å²) in [4.78, 5) is 0. The predicted molar refractivity (Wildman–Crippen MR) is 92.0 cm³/mol. The van der Waals surface area contributed by atoms with E-state index in [0.29, 0.717) is 15.9 Å². The normalized spacial score (nSPS) is 11.1. The van der Waals surface area contributed by atoms with Gasteiger partial charge >= 0.3 is 0 Å². The van der Waals surface area contributed by atoms with Gasteiger partial charge in [-0.15, -0.1) is 10.2 Å². The number of allylic oxidation sites excluding steroid dienone is 1. The molecular weight excluding hydrogens is 410 g/mol. The molecule has 0 amide bonds. The fraction of sp³-hybridized carbons (Fsp3) is 0. The van der Waals surface area contributed by atoms with Crippen LogP contribution in [0, 0.1) is 23.0 Å². The number of rotatable bonds is 5. The number of hydrogen-bond acceptors (Lipinski definition) is 6. The second-order valence-corrected chi connectivity index (χ2v) is 5.73. The van der Waals surface area contributed by atoms with Crippen molar-refractivity contribution in [3.8, 4) is 17.6 Å². The molecule has 1 aromatic heterocycles. The molecule has 2 aromatic carbocycles. The molecule has 7 nitrogen and oxygen atoms in total. The lowest BCUT2D eigenvalue weighted by atomic mass is 10.2. The van der Waals surface area contributed by atoms with Gasteiger partial charge in [0.15, 0.2) is 11.6 Å². The first-order chi connectivity index (χ1) is 12.6. The van der Waals surface area contributed by atoms with Crippen molar-refractivity contribution in [3.63, 3.8) is 0 Å². The summed E-state index contributed by atoms with van der Waals surface area (Å²) >= 11 is 3.32. The number of anilines is 1. The molecule has 0 saturated heterocycles. The molecule has 0 bridgehead atoms. The molecule has 3 rings (SSSR count). The highest BCUT2D eigenvalue weighted by atomic mass is 79.9. The first kappa shape index (κ1) is 17.5. The monoisotopic (exact) mass is 418 g/mol. The minimum atomic E-state index is -0.805. The Morgan fingerprint density at radius 3 is 2.69 bits per heavy atom. The van der Waals surface area contributed by atoms with Gasteiger partial charge in [0.2, 0.25) is 5.82 Å². The van der Waals surface area contributed by atoms with E-state index in [0.717, 1.165) is 12.1 Å². The molecule has 0 atom stereocenters. The average Bonchev–Trinajstić information content (AvgIpc) is 3.14. The van der Waals surface area contributed by atoms with E-state index in [1.54, 1.807) is 18.2 Å². The third kappa shape index (κ3) is 4.01. The molecule has 0 saturated carbocycles. The Bertz CT molecular complexity index is 1000. The van der Waals surface area contributed by atoms with E-state index in [1.165, 1.54) is 12.3 Å². The molecule has 0 aliphatic heterocycles. The van der Waals surface area contributed by atoms with Crippen molar-refractivity contribution in [1.29, 1.82) is 5.26 Å². The molecular formula is C16H9BrF2N6O. The molecule has 10 heteroatoms. The second kappa shape index (κ2) is 7.71. The number of H-pyrrole nitrogens is 1. The van der Waals surface area contributed by atoms with Crippen LogP contribution in [-0.4, -0.2) is 20.6 Å². The molecule has 3 aromatic rings. The Hall–Kier alpha value is -3.32. The molecule has 0 radical (unpaired) electrons. The number of halogens is 3. The van der Waals surface area contributed by atoms with Crippen LogP contribution in [0.2, 0.25) is 0 Å². The van der Waals surface area contributed by atoms with Gasteiger partial charge in [0, 0.05) is 18.0 Å². The number of tetrazole rings is 1. The van der Waals surface area contributed by atoms with Gasteiger partial charge in [-0.2, -0.15) is 10.5 Å². The largest absolute Gasteiger partial charge is 0.453 e. The van der Waals surface area contributed by atoms with Gasteiger partial charge in [0.1, 0.15) is 23.2 Å². The molecule has 2 N–H and O–H groups in total. The van der Waals surface area contributed by atoms with E-state index in [4.69, 9.17) is 10.00 Å². The Morgan fingerprint density at radius 2 is 2.04 bits per heavy atom. The van der Waals surface area contributed by atoms with Crippen LogP contribution < -0.4 is 10.1 Å². The number of aromatic amines is 1. The van der Waals surface area contributed by atoms with Crippen LogP contribution in [-0.2, 0) is 0 Å². The minimum Gasteiger partial charge on any atom is -0.453 e. The summed E-state index contributed by atoms with van der Waals surface area (Å²) in [6.07, 6.45) is 1.42. The molecule has 26 heavy (non-hydrogen) atoms. The summed E-state index contributed by atoms with van der Waals surface area (Å²) < 4.78 is 32.6.